The molecule has 1 nitrogen and oxygen atoms in total. The van der Waals surface area contributed by atoms with Gasteiger partial charge in [0.05, 0.1) is 6.61 Å². The van der Waals surface area contributed by atoms with Crippen molar-refractivity contribution < 1.29 is 5.11 Å². The van der Waals surface area contributed by atoms with Gasteiger partial charge in [0.1, 0.15) is 0 Å². The number of thiophene rings is 1. The predicted octanol–water partition coefficient (Wildman–Crippen LogP) is 3.22. The lowest BCUT2D eigenvalue weighted by Gasteiger charge is -2.07. The van der Waals surface area contributed by atoms with Gasteiger partial charge in [-0.3, -0.25) is 0 Å². The van der Waals surface area contributed by atoms with Gasteiger partial charge in [0, 0.05) is 0 Å². The third kappa shape index (κ3) is 1.59. The maximum Gasteiger partial charge on any atom is 0.0684 e. The van der Waals surface area contributed by atoms with Crippen molar-refractivity contribution in [2.75, 3.05) is 0 Å². The van der Waals surface area contributed by atoms with Crippen LogP contribution >= 0.6 is 11.3 Å². The number of hydrogen-bond donors (Lipinski definition) is 1. The van der Waals surface area contributed by atoms with Crippen LogP contribution in [0.5, 0.6) is 0 Å². The van der Waals surface area contributed by atoms with Crippen LogP contribution < -0.4 is 0 Å². The van der Waals surface area contributed by atoms with E-state index in [0.717, 1.165) is 5.56 Å². The fraction of sp³-hybridized carbons (Fsp3) is 0.167. The Morgan fingerprint density at radius 1 is 1.29 bits per heavy atom. The van der Waals surface area contributed by atoms with E-state index in [0.29, 0.717) is 0 Å². The molecule has 0 fully saturated rings. The first-order chi connectivity index (χ1) is 6.83. The van der Waals surface area contributed by atoms with Gasteiger partial charge >= 0.3 is 0 Å². The molecule has 0 atom stereocenters. The van der Waals surface area contributed by atoms with Crippen LogP contribution in [0.3, 0.4) is 0 Å². The predicted molar refractivity (Wildman–Crippen MR) is 60.4 cm³/mol. The van der Waals surface area contributed by atoms with Crippen LogP contribution in [0.1, 0.15) is 11.1 Å². The minimum Gasteiger partial charge on any atom is -0.392 e. The largest absolute Gasteiger partial charge is 0.392 e. The van der Waals surface area contributed by atoms with E-state index in [-0.39, 0.29) is 6.61 Å². The standard InChI is InChI=1S/C12H12OS/c1-9-10(7-13)3-2-4-12(9)11-5-6-14-8-11/h2-6,8,13H,7H2,1H3. The second kappa shape index (κ2) is 3.95. The third-order valence-corrected chi connectivity index (χ3v) is 3.13. The van der Waals surface area contributed by atoms with Gasteiger partial charge in [0.25, 0.3) is 0 Å². The zero-order valence-electron chi connectivity index (χ0n) is 8.03. The van der Waals surface area contributed by atoms with Crippen molar-refractivity contribution in [2.45, 2.75) is 13.5 Å². The molecule has 0 radical (unpaired) electrons. The van der Waals surface area contributed by atoms with Gasteiger partial charge in [0.2, 0.25) is 0 Å². The number of rotatable bonds is 2. The van der Waals surface area contributed by atoms with E-state index in [1.807, 2.05) is 12.1 Å². The fourth-order valence-electron chi connectivity index (χ4n) is 1.59. The average Bonchev–Trinajstić information content (AvgIpc) is 2.71. The average molecular weight is 204 g/mol. The van der Waals surface area contributed by atoms with E-state index in [1.165, 1.54) is 16.7 Å². The zero-order valence-corrected chi connectivity index (χ0v) is 8.84. The van der Waals surface area contributed by atoms with Crippen LogP contribution in [-0.2, 0) is 6.61 Å². The second-order valence-corrected chi connectivity index (χ2v) is 4.04. The van der Waals surface area contributed by atoms with Crippen LogP contribution in [0.25, 0.3) is 11.1 Å². The SMILES string of the molecule is Cc1c(CO)cccc1-c1ccsc1. The molecule has 0 spiro atoms. The molecule has 1 heterocycles. The van der Waals surface area contributed by atoms with E-state index in [2.05, 4.69) is 29.8 Å². The summed E-state index contributed by atoms with van der Waals surface area (Å²) < 4.78 is 0. The number of aliphatic hydroxyl groups excluding tert-OH is 1. The number of benzene rings is 1. The molecule has 72 valence electrons. The van der Waals surface area contributed by atoms with Crippen LogP contribution in [-0.4, -0.2) is 5.11 Å². The van der Waals surface area contributed by atoms with Gasteiger partial charge in [0.15, 0.2) is 0 Å². The van der Waals surface area contributed by atoms with Crippen LogP contribution in [0.2, 0.25) is 0 Å². The summed E-state index contributed by atoms with van der Waals surface area (Å²) in [6.07, 6.45) is 0. The van der Waals surface area contributed by atoms with Crippen LogP contribution in [0.15, 0.2) is 35.0 Å². The van der Waals surface area contributed by atoms with Crippen molar-refractivity contribution in [3.63, 3.8) is 0 Å². The highest BCUT2D eigenvalue weighted by Gasteiger charge is 2.04. The van der Waals surface area contributed by atoms with Crippen molar-refractivity contribution in [3.05, 3.63) is 46.2 Å². The van der Waals surface area contributed by atoms with Gasteiger partial charge in [-0.25, -0.2) is 0 Å². The summed E-state index contributed by atoms with van der Waals surface area (Å²) in [5.74, 6) is 0. The van der Waals surface area contributed by atoms with E-state index in [1.54, 1.807) is 11.3 Å². The quantitative estimate of drug-likeness (QED) is 0.796. The monoisotopic (exact) mass is 204 g/mol. The number of hydrogen-bond acceptors (Lipinski definition) is 2. The molecule has 2 rings (SSSR count). The molecule has 0 unspecified atom stereocenters. The van der Waals surface area contributed by atoms with Crippen molar-refractivity contribution in [1.29, 1.82) is 0 Å². The molecule has 0 amide bonds. The fourth-order valence-corrected chi connectivity index (χ4v) is 2.24. The van der Waals surface area contributed by atoms with Crippen molar-refractivity contribution in [2.24, 2.45) is 0 Å². The Hall–Kier alpha value is -1.12. The molecule has 1 aromatic heterocycles. The minimum absolute atomic E-state index is 0.115. The molecule has 0 aliphatic rings. The highest BCUT2D eigenvalue weighted by Crippen LogP contribution is 2.27. The molecule has 0 aliphatic carbocycles. The van der Waals surface area contributed by atoms with Gasteiger partial charge < -0.3 is 5.11 Å². The summed E-state index contributed by atoms with van der Waals surface area (Å²) in [5.41, 5.74) is 4.64. The molecule has 0 saturated carbocycles. The smallest absolute Gasteiger partial charge is 0.0684 e. The van der Waals surface area contributed by atoms with E-state index >= 15 is 0 Å². The van der Waals surface area contributed by atoms with E-state index < -0.39 is 0 Å². The lowest BCUT2D eigenvalue weighted by molar-refractivity contribution is 0.281. The minimum atomic E-state index is 0.115. The normalized spacial score (nSPS) is 10.4. The van der Waals surface area contributed by atoms with Crippen LogP contribution in [0, 0.1) is 6.92 Å². The first kappa shape index (κ1) is 9.44. The molecule has 1 aromatic carbocycles. The van der Waals surface area contributed by atoms with Gasteiger partial charge in [-0.2, -0.15) is 11.3 Å². The van der Waals surface area contributed by atoms with E-state index in [4.69, 9.17) is 5.11 Å². The first-order valence-electron chi connectivity index (χ1n) is 4.55. The van der Waals surface area contributed by atoms with Crippen molar-refractivity contribution in [3.8, 4) is 11.1 Å². The maximum absolute atomic E-state index is 9.14. The molecule has 1 N–H and O–H groups in total. The molecular weight excluding hydrogens is 192 g/mol. The lowest BCUT2D eigenvalue weighted by Crippen LogP contribution is -1.90. The Balaban J connectivity index is 2.54. The number of aliphatic hydroxyl groups is 1. The van der Waals surface area contributed by atoms with Crippen molar-refractivity contribution in [1.82, 2.24) is 0 Å². The summed E-state index contributed by atoms with van der Waals surface area (Å²) in [7, 11) is 0. The summed E-state index contributed by atoms with van der Waals surface area (Å²) in [4.78, 5) is 0. The summed E-state index contributed by atoms with van der Waals surface area (Å²) in [5, 5.41) is 13.3. The molecule has 0 saturated heterocycles. The Kier molecular flexibility index (Phi) is 2.66. The Labute approximate surface area is 87.7 Å². The summed E-state index contributed by atoms with van der Waals surface area (Å²) >= 11 is 1.69. The highest BCUT2D eigenvalue weighted by molar-refractivity contribution is 7.08. The summed E-state index contributed by atoms with van der Waals surface area (Å²) in [6.45, 7) is 2.17. The Bertz CT molecular complexity index is 418. The summed E-state index contributed by atoms with van der Waals surface area (Å²) in [6, 6.07) is 8.15. The van der Waals surface area contributed by atoms with Gasteiger partial charge in [-0.05, 0) is 46.0 Å². The Morgan fingerprint density at radius 2 is 2.14 bits per heavy atom. The molecule has 2 heteroatoms. The van der Waals surface area contributed by atoms with Crippen LogP contribution in [0.4, 0.5) is 0 Å². The topological polar surface area (TPSA) is 20.2 Å². The molecular formula is C12H12OS. The maximum atomic E-state index is 9.14. The van der Waals surface area contributed by atoms with E-state index in [9.17, 15) is 0 Å². The molecule has 2 aromatic rings. The molecule has 0 bridgehead atoms. The first-order valence-corrected chi connectivity index (χ1v) is 5.49. The zero-order chi connectivity index (χ0) is 9.97. The van der Waals surface area contributed by atoms with Gasteiger partial charge in [-0.1, -0.05) is 18.2 Å². The second-order valence-electron chi connectivity index (χ2n) is 3.26. The molecule has 0 aliphatic heterocycles. The Morgan fingerprint density at radius 3 is 2.79 bits per heavy atom. The molecule has 14 heavy (non-hydrogen) atoms. The lowest BCUT2D eigenvalue weighted by atomic mass is 9.99. The van der Waals surface area contributed by atoms with Gasteiger partial charge in [-0.15, -0.1) is 0 Å². The third-order valence-electron chi connectivity index (χ3n) is 2.45. The highest BCUT2D eigenvalue weighted by atomic mass is 32.1. The van der Waals surface area contributed by atoms with Crippen molar-refractivity contribution >= 4 is 11.3 Å².